The number of nitrogens with zero attached hydrogens (tertiary/aromatic N) is 1. The molecular formula is C16H22N2O. The van der Waals surface area contributed by atoms with Gasteiger partial charge in [-0.15, -0.1) is 0 Å². The summed E-state index contributed by atoms with van der Waals surface area (Å²) in [7, 11) is 0. The number of imidazole rings is 1. The minimum atomic E-state index is 0.0450. The summed E-state index contributed by atoms with van der Waals surface area (Å²) in [6.45, 7) is 9.92. The zero-order valence-electron chi connectivity index (χ0n) is 11.9. The second kappa shape index (κ2) is 7.54. The van der Waals surface area contributed by atoms with Gasteiger partial charge in [-0.05, 0) is 24.1 Å². The van der Waals surface area contributed by atoms with Gasteiger partial charge in [-0.3, -0.25) is 0 Å². The summed E-state index contributed by atoms with van der Waals surface area (Å²) in [5.74, 6) is 0.826. The van der Waals surface area contributed by atoms with Crippen molar-refractivity contribution in [3.05, 3.63) is 48.3 Å². The Morgan fingerprint density at radius 2 is 2.16 bits per heavy atom. The number of H-pyrrole nitrogens is 1. The topological polar surface area (TPSA) is 48.9 Å². The molecule has 0 aliphatic carbocycles. The van der Waals surface area contributed by atoms with Crippen LogP contribution in [0.4, 0.5) is 0 Å². The maximum atomic E-state index is 9.08. The lowest BCUT2D eigenvalue weighted by atomic mass is 10.2. The van der Waals surface area contributed by atoms with Crippen molar-refractivity contribution in [2.75, 3.05) is 0 Å². The van der Waals surface area contributed by atoms with Crippen LogP contribution in [0.5, 0.6) is 0 Å². The van der Waals surface area contributed by atoms with Gasteiger partial charge < -0.3 is 10.1 Å². The summed E-state index contributed by atoms with van der Waals surface area (Å²) in [4.78, 5) is 7.75. The molecule has 2 rings (SSSR count). The average molecular weight is 258 g/mol. The van der Waals surface area contributed by atoms with Gasteiger partial charge in [0.05, 0.1) is 17.6 Å². The van der Waals surface area contributed by atoms with Crippen molar-refractivity contribution in [2.24, 2.45) is 0 Å². The largest absolute Gasteiger partial charge is 0.392 e. The first-order chi connectivity index (χ1) is 9.28. The lowest BCUT2D eigenvalue weighted by Crippen LogP contribution is -1.83. The highest BCUT2D eigenvalue weighted by molar-refractivity contribution is 5.81. The maximum Gasteiger partial charge on any atom is 0.138 e. The smallest absolute Gasteiger partial charge is 0.138 e. The van der Waals surface area contributed by atoms with Crippen LogP contribution < -0.4 is 0 Å². The highest BCUT2D eigenvalue weighted by Gasteiger charge is 2.05. The van der Waals surface area contributed by atoms with Gasteiger partial charge in [0.1, 0.15) is 5.82 Å². The van der Waals surface area contributed by atoms with Crippen molar-refractivity contribution < 1.29 is 5.11 Å². The van der Waals surface area contributed by atoms with Crippen LogP contribution in [-0.4, -0.2) is 15.1 Å². The number of aliphatic hydroxyl groups excluding tert-OH is 1. The first-order valence-corrected chi connectivity index (χ1v) is 6.71. The van der Waals surface area contributed by atoms with Gasteiger partial charge in [-0.2, -0.15) is 0 Å². The van der Waals surface area contributed by atoms with Crippen LogP contribution in [0, 0.1) is 0 Å². The molecule has 102 valence electrons. The molecular weight excluding hydrogens is 236 g/mol. The van der Waals surface area contributed by atoms with Crippen molar-refractivity contribution in [1.29, 1.82) is 0 Å². The third-order valence-corrected chi connectivity index (χ3v) is 2.65. The molecule has 2 N–H and O–H groups in total. The summed E-state index contributed by atoms with van der Waals surface area (Å²) in [6.07, 6.45) is 4.83. The van der Waals surface area contributed by atoms with Crippen LogP contribution in [0.2, 0.25) is 0 Å². The Bertz CT molecular complexity index is 567. The van der Waals surface area contributed by atoms with E-state index in [0.29, 0.717) is 0 Å². The van der Waals surface area contributed by atoms with E-state index < -0.39 is 0 Å². The SMILES string of the molecule is C=C/C(=C\CC)c1nc2ccc(CO)cc2[nH]1.CC. The first kappa shape index (κ1) is 15.2. The molecule has 0 aliphatic rings. The lowest BCUT2D eigenvalue weighted by Gasteiger charge is -1.95. The summed E-state index contributed by atoms with van der Waals surface area (Å²) in [5, 5.41) is 9.08. The fourth-order valence-electron chi connectivity index (χ4n) is 1.79. The van der Waals surface area contributed by atoms with Crippen LogP contribution in [0.3, 0.4) is 0 Å². The Morgan fingerprint density at radius 1 is 1.42 bits per heavy atom. The highest BCUT2D eigenvalue weighted by atomic mass is 16.3. The summed E-state index contributed by atoms with van der Waals surface area (Å²) in [5.41, 5.74) is 3.73. The molecule has 0 aliphatic heterocycles. The van der Waals surface area contributed by atoms with E-state index in [0.717, 1.165) is 34.4 Å². The van der Waals surface area contributed by atoms with Gasteiger partial charge in [0, 0.05) is 5.57 Å². The Balaban J connectivity index is 0.000000861. The number of allylic oxidation sites excluding steroid dienone is 3. The number of aromatic amines is 1. The van der Waals surface area contributed by atoms with Crippen molar-refractivity contribution >= 4 is 16.6 Å². The number of fused-ring (bicyclic) bond motifs is 1. The molecule has 0 saturated carbocycles. The molecule has 0 radical (unpaired) electrons. The highest BCUT2D eigenvalue weighted by Crippen LogP contribution is 2.19. The number of aromatic nitrogens is 2. The fourth-order valence-corrected chi connectivity index (χ4v) is 1.79. The average Bonchev–Trinajstić information content (AvgIpc) is 2.89. The monoisotopic (exact) mass is 258 g/mol. The molecule has 1 aromatic heterocycles. The van der Waals surface area contributed by atoms with Gasteiger partial charge in [-0.1, -0.05) is 45.6 Å². The third kappa shape index (κ3) is 3.55. The first-order valence-electron chi connectivity index (χ1n) is 6.71. The Kier molecular flexibility index (Phi) is 6.03. The molecule has 0 fully saturated rings. The van der Waals surface area contributed by atoms with Crippen LogP contribution in [-0.2, 0) is 6.61 Å². The second-order valence-electron chi connectivity index (χ2n) is 3.87. The predicted molar refractivity (Wildman–Crippen MR) is 81.8 cm³/mol. The third-order valence-electron chi connectivity index (χ3n) is 2.65. The molecule has 0 amide bonds. The molecule has 0 saturated heterocycles. The van der Waals surface area contributed by atoms with Gasteiger partial charge >= 0.3 is 0 Å². The minimum Gasteiger partial charge on any atom is -0.392 e. The van der Waals surface area contributed by atoms with Crippen LogP contribution in [0.25, 0.3) is 16.6 Å². The zero-order valence-corrected chi connectivity index (χ0v) is 11.9. The number of aliphatic hydroxyl groups is 1. The van der Waals surface area contributed by atoms with Crippen molar-refractivity contribution in [3.8, 4) is 0 Å². The second-order valence-corrected chi connectivity index (χ2v) is 3.87. The lowest BCUT2D eigenvalue weighted by molar-refractivity contribution is 0.282. The van der Waals surface area contributed by atoms with Crippen molar-refractivity contribution in [3.63, 3.8) is 0 Å². The fraction of sp³-hybridized carbons (Fsp3) is 0.312. The summed E-state index contributed by atoms with van der Waals surface area (Å²) >= 11 is 0. The number of rotatable bonds is 4. The van der Waals surface area contributed by atoms with E-state index in [-0.39, 0.29) is 6.61 Å². The van der Waals surface area contributed by atoms with Crippen molar-refractivity contribution in [1.82, 2.24) is 9.97 Å². The molecule has 1 heterocycles. The predicted octanol–water partition coefficient (Wildman–Crippen LogP) is 4.06. The molecule has 1 aromatic carbocycles. The van der Waals surface area contributed by atoms with E-state index in [1.54, 1.807) is 6.08 Å². The maximum absolute atomic E-state index is 9.08. The van der Waals surface area contributed by atoms with E-state index >= 15 is 0 Å². The van der Waals surface area contributed by atoms with E-state index in [4.69, 9.17) is 5.11 Å². The molecule has 0 atom stereocenters. The quantitative estimate of drug-likeness (QED) is 0.812. The van der Waals surface area contributed by atoms with Gasteiger partial charge in [-0.25, -0.2) is 4.98 Å². The summed E-state index contributed by atoms with van der Waals surface area (Å²) < 4.78 is 0. The van der Waals surface area contributed by atoms with Crippen LogP contribution in [0.15, 0.2) is 36.9 Å². The van der Waals surface area contributed by atoms with E-state index in [1.807, 2.05) is 32.0 Å². The normalized spacial score (nSPS) is 11.1. The molecule has 3 heteroatoms. The zero-order chi connectivity index (χ0) is 14.3. The van der Waals surface area contributed by atoms with Crippen LogP contribution in [0.1, 0.15) is 38.6 Å². The molecule has 0 bridgehead atoms. The van der Waals surface area contributed by atoms with Gasteiger partial charge in [0.15, 0.2) is 0 Å². The number of hydrogen-bond donors (Lipinski definition) is 2. The standard InChI is InChI=1S/C14H16N2O.C2H6/c1-3-5-11(4-2)14-15-12-7-6-10(9-17)8-13(12)16-14;1-2/h4-8,17H,2-3,9H2,1H3,(H,15,16);1-2H3/b11-5+;. The Hall–Kier alpha value is -1.87. The van der Waals surface area contributed by atoms with E-state index in [1.165, 1.54) is 0 Å². The minimum absolute atomic E-state index is 0.0450. The van der Waals surface area contributed by atoms with E-state index in [9.17, 15) is 0 Å². The Morgan fingerprint density at radius 3 is 2.74 bits per heavy atom. The molecule has 0 spiro atoms. The van der Waals surface area contributed by atoms with E-state index in [2.05, 4.69) is 29.5 Å². The number of benzene rings is 1. The number of hydrogen-bond acceptors (Lipinski definition) is 2. The molecule has 0 unspecified atom stereocenters. The van der Waals surface area contributed by atoms with Crippen molar-refractivity contribution in [2.45, 2.75) is 33.8 Å². The van der Waals surface area contributed by atoms with Crippen LogP contribution >= 0.6 is 0 Å². The van der Waals surface area contributed by atoms with Gasteiger partial charge in [0.25, 0.3) is 0 Å². The Labute approximate surface area is 114 Å². The molecule has 19 heavy (non-hydrogen) atoms. The number of nitrogens with one attached hydrogen (secondary N) is 1. The van der Waals surface area contributed by atoms with Gasteiger partial charge in [0.2, 0.25) is 0 Å². The molecule has 3 nitrogen and oxygen atoms in total. The molecule has 2 aromatic rings. The summed E-state index contributed by atoms with van der Waals surface area (Å²) in [6, 6.07) is 5.70.